The van der Waals surface area contributed by atoms with Crippen LogP contribution in [0.15, 0.2) is 42.5 Å². The van der Waals surface area contributed by atoms with Crippen LogP contribution in [-0.2, 0) is 20.8 Å². The molecule has 6 nitrogen and oxygen atoms in total. The van der Waals surface area contributed by atoms with E-state index in [4.69, 9.17) is 0 Å². The zero-order chi connectivity index (χ0) is 19.8. The van der Waals surface area contributed by atoms with Gasteiger partial charge in [0.25, 0.3) is 0 Å². The Morgan fingerprint density at radius 3 is 2.71 bits per heavy atom. The van der Waals surface area contributed by atoms with Crippen LogP contribution in [0.5, 0.6) is 0 Å². The summed E-state index contributed by atoms with van der Waals surface area (Å²) in [7, 11) is 0. The third-order valence-corrected chi connectivity index (χ3v) is 5.28. The van der Waals surface area contributed by atoms with Crippen LogP contribution in [0.3, 0.4) is 0 Å². The molecule has 0 radical (unpaired) electrons. The van der Waals surface area contributed by atoms with Crippen molar-refractivity contribution in [1.29, 1.82) is 0 Å². The lowest BCUT2D eigenvalue weighted by Gasteiger charge is -2.19. The summed E-state index contributed by atoms with van der Waals surface area (Å²) in [6.07, 6.45) is 0.818. The maximum absolute atomic E-state index is 13.8. The zero-order valence-electron chi connectivity index (χ0n) is 15.4. The van der Waals surface area contributed by atoms with E-state index in [1.54, 1.807) is 28.0 Å². The number of nitrogens with zero attached hydrogens (tertiary/aromatic N) is 2. The summed E-state index contributed by atoms with van der Waals surface area (Å²) in [4.78, 5) is 40.0. The van der Waals surface area contributed by atoms with E-state index in [0.717, 1.165) is 23.4 Å². The minimum absolute atomic E-state index is 0.00590. The molecule has 1 atom stereocenters. The lowest BCUT2D eigenvalue weighted by Crippen LogP contribution is -2.28. The maximum atomic E-state index is 13.8. The smallest absolute Gasteiger partial charge is 0.229 e. The second-order valence-corrected chi connectivity index (χ2v) is 7.11. The highest BCUT2D eigenvalue weighted by Crippen LogP contribution is 2.34. The summed E-state index contributed by atoms with van der Waals surface area (Å²) in [5, 5.41) is 2.57. The van der Waals surface area contributed by atoms with Crippen LogP contribution >= 0.6 is 0 Å². The van der Waals surface area contributed by atoms with Gasteiger partial charge in [-0.1, -0.05) is 12.1 Å². The van der Waals surface area contributed by atoms with Gasteiger partial charge in [0.2, 0.25) is 17.7 Å². The molecule has 1 saturated heterocycles. The second-order valence-electron chi connectivity index (χ2n) is 7.11. The van der Waals surface area contributed by atoms with Crippen LogP contribution in [0.1, 0.15) is 18.9 Å². The molecule has 2 aliphatic heterocycles. The fraction of sp³-hybridized carbons (Fsp3) is 0.286. The Hall–Kier alpha value is -3.22. The van der Waals surface area contributed by atoms with Crippen molar-refractivity contribution in [3.05, 3.63) is 53.8 Å². The van der Waals surface area contributed by atoms with Crippen molar-refractivity contribution in [1.82, 2.24) is 0 Å². The van der Waals surface area contributed by atoms with E-state index in [1.807, 2.05) is 12.1 Å². The number of anilines is 3. The summed E-state index contributed by atoms with van der Waals surface area (Å²) in [6.45, 7) is 2.41. The summed E-state index contributed by atoms with van der Waals surface area (Å²) >= 11 is 0. The van der Waals surface area contributed by atoms with E-state index in [1.165, 1.54) is 19.1 Å². The number of rotatable bonds is 3. The van der Waals surface area contributed by atoms with E-state index in [-0.39, 0.29) is 36.4 Å². The molecule has 0 spiro atoms. The molecule has 1 unspecified atom stereocenters. The summed E-state index contributed by atoms with van der Waals surface area (Å²) in [5.41, 5.74) is 2.71. The molecule has 2 heterocycles. The van der Waals surface area contributed by atoms with Crippen molar-refractivity contribution in [2.75, 3.05) is 28.2 Å². The fourth-order valence-corrected chi connectivity index (χ4v) is 3.81. The lowest BCUT2D eigenvalue weighted by atomic mass is 10.1. The van der Waals surface area contributed by atoms with Gasteiger partial charge in [-0.2, -0.15) is 0 Å². The predicted octanol–water partition coefficient (Wildman–Crippen LogP) is 2.73. The van der Waals surface area contributed by atoms with Crippen LogP contribution in [0.25, 0.3) is 0 Å². The van der Waals surface area contributed by atoms with Crippen LogP contribution in [0.4, 0.5) is 21.5 Å². The van der Waals surface area contributed by atoms with Crippen LogP contribution in [0, 0.1) is 11.7 Å². The minimum atomic E-state index is -0.547. The fourth-order valence-electron chi connectivity index (χ4n) is 3.81. The van der Waals surface area contributed by atoms with Crippen molar-refractivity contribution in [3.8, 4) is 0 Å². The van der Waals surface area contributed by atoms with Gasteiger partial charge in [-0.15, -0.1) is 0 Å². The number of fused-ring (bicyclic) bond motifs is 1. The molecule has 0 saturated carbocycles. The van der Waals surface area contributed by atoms with E-state index >= 15 is 0 Å². The van der Waals surface area contributed by atoms with E-state index in [0.29, 0.717) is 6.54 Å². The molecule has 4 rings (SSSR count). The first-order chi connectivity index (χ1) is 13.4. The quantitative estimate of drug-likeness (QED) is 0.889. The average molecular weight is 381 g/mol. The first-order valence-electron chi connectivity index (χ1n) is 9.21. The highest BCUT2D eigenvalue weighted by atomic mass is 19.1. The number of carbonyl (C=O) groups excluding carboxylic acids is 3. The number of carbonyl (C=O) groups is 3. The Morgan fingerprint density at radius 1 is 1.18 bits per heavy atom. The van der Waals surface area contributed by atoms with Crippen LogP contribution in [-0.4, -0.2) is 30.8 Å². The minimum Gasteiger partial charge on any atom is -0.323 e. The van der Waals surface area contributed by atoms with E-state index in [2.05, 4.69) is 5.32 Å². The molecule has 3 amide bonds. The first-order valence-corrected chi connectivity index (χ1v) is 9.21. The lowest BCUT2D eigenvalue weighted by molar-refractivity contribution is -0.122. The van der Waals surface area contributed by atoms with E-state index in [9.17, 15) is 18.8 Å². The number of nitrogens with one attached hydrogen (secondary N) is 1. The Labute approximate surface area is 161 Å². The van der Waals surface area contributed by atoms with Crippen molar-refractivity contribution in [2.45, 2.75) is 19.8 Å². The van der Waals surface area contributed by atoms with Gasteiger partial charge in [0, 0.05) is 37.8 Å². The average Bonchev–Trinajstić information content (AvgIpc) is 3.26. The Bertz CT molecular complexity index is 975. The number of hydrogen-bond acceptors (Lipinski definition) is 3. The third-order valence-electron chi connectivity index (χ3n) is 5.28. The molecule has 2 aromatic rings. The zero-order valence-corrected chi connectivity index (χ0v) is 15.4. The molecule has 1 fully saturated rings. The SMILES string of the molecule is CC(=O)N1CCc2cc(N3CC(C(=O)Nc4ccccc4F)CC3=O)ccc21. The second kappa shape index (κ2) is 7.07. The van der Waals surface area contributed by atoms with Gasteiger partial charge in [-0.05, 0) is 42.3 Å². The largest absolute Gasteiger partial charge is 0.323 e. The Kier molecular flexibility index (Phi) is 4.58. The highest BCUT2D eigenvalue weighted by molar-refractivity contribution is 6.04. The van der Waals surface area contributed by atoms with Gasteiger partial charge < -0.3 is 15.1 Å². The summed E-state index contributed by atoms with van der Waals surface area (Å²) in [6, 6.07) is 11.5. The van der Waals surface area contributed by atoms with Crippen LogP contribution < -0.4 is 15.1 Å². The molecule has 0 aliphatic carbocycles. The Morgan fingerprint density at radius 2 is 1.96 bits per heavy atom. The molecule has 0 bridgehead atoms. The molecule has 2 aliphatic rings. The Balaban J connectivity index is 1.49. The number of halogens is 1. The molecule has 28 heavy (non-hydrogen) atoms. The number of para-hydroxylation sites is 1. The number of amides is 3. The van der Waals surface area contributed by atoms with Crippen molar-refractivity contribution in [2.24, 2.45) is 5.92 Å². The molecular weight excluding hydrogens is 361 g/mol. The van der Waals surface area contributed by atoms with E-state index < -0.39 is 11.7 Å². The normalized spacial score (nSPS) is 18.4. The van der Waals surface area contributed by atoms with Gasteiger partial charge >= 0.3 is 0 Å². The van der Waals surface area contributed by atoms with Gasteiger partial charge in [0.15, 0.2) is 0 Å². The summed E-state index contributed by atoms with van der Waals surface area (Å²) < 4.78 is 13.8. The molecule has 144 valence electrons. The van der Waals surface area contributed by atoms with Crippen LogP contribution in [0.2, 0.25) is 0 Å². The summed E-state index contributed by atoms with van der Waals surface area (Å²) in [5.74, 6) is -1.58. The third kappa shape index (κ3) is 3.24. The van der Waals surface area contributed by atoms with Gasteiger partial charge in [0.1, 0.15) is 5.82 Å². The predicted molar refractivity (Wildman–Crippen MR) is 104 cm³/mol. The first kappa shape index (κ1) is 18.2. The maximum Gasteiger partial charge on any atom is 0.229 e. The molecular formula is C21H20FN3O3. The molecule has 1 N–H and O–H groups in total. The molecule has 7 heteroatoms. The topological polar surface area (TPSA) is 69.7 Å². The monoisotopic (exact) mass is 381 g/mol. The van der Waals surface area contributed by atoms with Crippen molar-refractivity contribution in [3.63, 3.8) is 0 Å². The molecule has 2 aromatic carbocycles. The van der Waals surface area contributed by atoms with Crippen molar-refractivity contribution >= 4 is 34.8 Å². The van der Waals surface area contributed by atoms with Gasteiger partial charge in [-0.3, -0.25) is 14.4 Å². The number of benzene rings is 2. The number of hydrogen-bond donors (Lipinski definition) is 1. The standard InChI is InChI=1S/C21H20FN3O3/c1-13(26)24-9-8-14-10-16(6-7-19(14)24)25-12-15(11-20(25)27)21(28)23-18-5-3-2-4-17(18)22/h2-7,10,15H,8-9,11-12H2,1H3,(H,23,28). The highest BCUT2D eigenvalue weighted by Gasteiger charge is 2.36. The van der Waals surface area contributed by atoms with Gasteiger partial charge in [-0.25, -0.2) is 4.39 Å². The van der Waals surface area contributed by atoms with Crippen molar-refractivity contribution < 1.29 is 18.8 Å². The molecule has 0 aromatic heterocycles. The van der Waals surface area contributed by atoms with Gasteiger partial charge in [0.05, 0.1) is 11.6 Å².